The minimum atomic E-state index is 1.01. The summed E-state index contributed by atoms with van der Waals surface area (Å²) >= 11 is 0. The van der Waals surface area contributed by atoms with Gasteiger partial charge in [-0.1, -0.05) is 31.5 Å². The Hall–Kier alpha value is -1.28. The predicted molar refractivity (Wildman–Crippen MR) is 77.0 cm³/mol. The summed E-state index contributed by atoms with van der Waals surface area (Å²) in [5, 5.41) is 4.98. The molecule has 0 saturated carbocycles. The smallest absolute Gasteiger partial charge is 0.0531 e. The van der Waals surface area contributed by atoms with Gasteiger partial charge in [-0.25, -0.2) is 0 Å². The SMILES string of the molecule is CCCCc1c(C)c2cccc3c2n1CCNC3. The molecular formula is C16H22N2. The molecule has 0 bridgehead atoms. The zero-order valence-corrected chi connectivity index (χ0v) is 11.4. The van der Waals surface area contributed by atoms with Crippen LogP contribution in [0.4, 0.5) is 0 Å². The Morgan fingerprint density at radius 2 is 2.22 bits per heavy atom. The summed E-state index contributed by atoms with van der Waals surface area (Å²) in [6, 6.07) is 6.75. The third-order valence-electron chi connectivity index (χ3n) is 4.15. The number of aromatic nitrogens is 1. The van der Waals surface area contributed by atoms with Crippen molar-refractivity contribution in [2.24, 2.45) is 0 Å². The van der Waals surface area contributed by atoms with Gasteiger partial charge in [-0.2, -0.15) is 0 Å². The lowest BCUT2D eigenvalue weighted by molar-refractivity contribution is 0.607. The number of unbranched alkanes of at least 4 members (excludes halogenated alkanes) is 1. The number of rotatable bonds is 3. The van der Waals surface area contributed by atoms with E-state index in [9.17, 15) is 0 Å². The van der Waals surface area contributed by atoms with Crippen molar-refractivity contribution >= 4 is 10.9 Å². The highest BCUT2D eigenvalue weighted by molar-refractivity contribution is 5.88. The normalized spacial score (nSPS) is 15.0. The summed E-state index contributed by atoms with van der Waals surface area (Å²) in [6.07, 6.45) is 3.78. The average Bonchev–Trinajstić information content (AvgIpc) is 2.54. The molecule has 2 nitrogen and oxygen atoms in total. The maximum absolute atomic E-state index is 3.52. The van der Waals surface area contributed by atoms with Crippen LogP contribution in [0.25, 0.3) is 10.9 Å². The molecule has 0 spiro atoms. The maximum Gasteiger partial charge on any atom is 0.0531 e. The van der Waals surface area contributed by atoms with Gasteiger partial charge in [0.25, 0.3) is 0 Å². The van der Waals surface area contributed by atoms with Gasteiger partial charge >= 0.3 is 0 Å². The van der Waals surface area contributed by atoms with Crippen LogP contribution in [-0.4, -0.2) is 11.1 Å². The molecule has 2 heterocycles. The minimum absolute atomic E-state index is 1.01. The first-order valence-electron chi connectivity index (χ1n) is 7.13. The molecule has 0 unspecified atom stereocenters. The van der Waals surface area contributed by atoms with Gasteiger partial charge in [-0.05, 0) is 30.9 Å². The minimum Gasteiger partial charge on any atom is -0.343 e. The van der Waals surface area contributed by atoms with Gasteiger partial charge in [0.15, 0.2) is 0 Å². The van der Waals surface area contributed by atoms with Crippen LogP contribution in [0.5, 0.6) is 0 Å². The Morgan fingerprint density at radius 3 is 3.06 bits per heavy atom. The Morgan fingerprint density at radius 1 is 1.33 bits per heavy atom. The second-order valence-electron chi connectivity index (χ2n) is 5.32. The molecule has 0 amide bonds. The number of hydrogen-bond donors (Lipinski definition) is 1. The van der Waals surface area contributed by atoms with Gasteiger partial charge in [-0.3, -0.25) is 0 Å². The second kappa shape index (κ2) is 4.77. The molecule has 1 aliphatic rings. The fourth-order valence-corrected chi connectivity index (χ4v) is 3.18. The molecule has 1 aromatic carbocycles. The Kier molecular flexibility index (Phi) is 3.13. The van der Waals surface area contributed by atoms with E-state index >= 15 is 0 Å². The zero-order valence-electron chi connectivity index (χ0n) is 11.4. The highest BCUT2D eigenvalue weighted by Gasteiger charge is 2.17. The molecule has 3 rings (SSSR count). The molecule has 1 N–H and O–H groups in total. The van der Waals surface area contributed by atoms with E-state index in [0.717, 1.165) is 19.6 Å². The molecule has 0 fully saturated rings. The molecular weight excluding hydrogens is 220 g/mol. The Labute approximate surface area is 109 Å². The third-order valence-corrected chi connectivity index (χ3v) is 4.15. The molecule has 96 valence electrons. The lowest BCUT2D eigenvalue weighted by atomic mass is 10.1. The van der Waals surface area contributed by atoms with Gasteiger partial charge in [-0.15, -0.1) is 0 Å². The number of nitrogens with zero attached hydrogens (tertiary/aromatic N) is 1. The van der Waals surface area contributed by atoms with Crippen molar-refractivity contribution in [1.82, 2.24) is 9.88 Å². The Balaban J connectivity index is 2.22. The number of aryl methyl sites for hydroxylation is 1. The zero-order chi connectivity index (χ0) is 12.5. The molecule has 0 atom stereocenters. The molecule has 0 radical (unpaired) electrons. The molecule has 2 aromatic rings. The second-order valence-corrected chi connectivity index (χ2v) is 5.32. The van der Waals surface area contributed by atoms with Crippen LogP contribution in [0.2, 0.25) is 0 Å². The number of hydrogen-bond acceptors (Lipinski definition) is 1. The van der Waals surface area contributed by atoms with Gasteiger partial charge < -0.3 is 9.88 Å². The first-order chi connectivity index (χ1) is 8.83. The van der Waals surface area contributed by atoms with Crippen molar-refractivity contribution in [1.29, 1.82) is 0 Å². The van der Waals surface area contributed by atoms with E-state index in [-0.39, 0.29) is 0 Å². The summed E-state index contributed by atoms with van der Waals surface area (Å²) < 4.78 is 2.57. The van der Waals surface area contributed by atoms with Crippen LogP contribution in [-0.2, 0) is 19.5 Å². The largest absolute Gasteiger partial charge is 0.343 e. The fraction of sp³-hybridized carbons (Fsp3) is 0.500. The lowest BCUT2D eigenvalue weighted by Crippen LogP contribution is -2.16. The molecule has 1 aliphatic heterocycles. The van der Waals surface area contributed by atoms with Gasteiger partial charge in [0.1, 0.15) is 0 Å². The highest BCUT2D eigenvalue weighted by Crippen LogP contribution is 2.30. The molecule has 18 heavy (non-hydrogen) atoms. The highest BCUT2D eigenvalue weighted by atomic mass is 15.0. The van der Waals surface area contributed by atoms with Crippen molar-refractivity contribution in [3.05, 3.63) is 35.0 Å². The summed E-state index contributed by atoms with van der Waals surface area (Å²) in [5.74, 6) is 0. The van der Waals surface area contributed by atoms with Crippen molar-refractivity contribution in [3.8, 4) is 0 Å². The molecule has 0 aliphatic carbocycles. The van der Waals surface area contributed by atoms with Crippen LogP contribution < -0.4 is 5.32 Å². The van der Waals surface area contributed by atoms with E-state index in [4.69, 9.17) is 0 Å². The van der Waals surface area contributed by atoms with Crippen molar-refractivity contribution < 1.29 is 0 Å². The van der Waals surface area contributed by atoms with E-state index < -0.39 is 0 Å². The predicted octanol–water partition coefficient (Wildman–Crippen LogP) is 3.40. The first-order valence-corrected chi connectivity index (χ1v) is 7.13. The molecule has 0 saturated heterocycles. The number of benzene rings is 1. The van der Waals surface area contributed by atoms with Crippen molar-refractivity contribution in [2.75, 3.05) is 6.54 Å². The van der Waals surface area contributed by atoms with Crippen LogP contribution in [0.3, 0.4) is 0 Å². The summed E-state index contributed by atoms with van der Waals surface area (Å²) in [5.41, 5.74) is 5.99. The summed E-state index contributed by atoms with van der Waals surface area (Å²) in [7, 11) is 0. The third kappa shape index (κ3) is 1.76. The number of nitrogens with one attached hydrogen (secondary N) is 1. The van der Waals surface area contributed by atoms with E-state index in [2.05, 4.69) is 41.9 Å². The molecule has 1 aromatic heterocycles. The molecule has 2 heteroatoms. The maximum atomic E-state index is 3.52. The van der Waals surface area contributed by atoms with E-state index in [1.807, 2.05) is 0 Å². The quantitative estimate of drug-likeness (QED) is 0.873. The van der Waals surface area contributed by atoms with Crippen LogP contribution in [0.15, 0.2) is 18.2 Å². The van der Waals surface area contributed by atoms with Crippen molar-refractivity contribution in [2.45, 2.75) is 46.2 Å². The van der Waals surface area contributed by atoms with Crippen molar-refractivity contribution in [3.63, 3.8) is 0 Å². The van der Waals surface area contributed by atoms with Crippen LogP contribution in [0.1, 0.15) is 36.6 Å². The monoisotopic (exact) mass is 242 g/mol. The standard InChI is InChI=1S/C16H22N2/c1-3-4-8-15-12(2)14-7-5-6-13-11-17-9-10-18(15)16(13)14/h5-7,17H,3-4,8-11H2,1-2H3. The van der Waals surface area contributed by atoms with Gasteiger partial charge in [0.05, 0.1) is 5.52 Å². The van der Waals surface area contributed by atoms with Crippen LogP contribution >= 0.6 is 0 Å². The van der Waals surface area contributed by atoms with E-state index in [1.165, 1.54) is 41.3 Å². The van der Waals surface area contributed by atoms with Gasteiger partial charge in [0, 0.05) is 30.7 Å². The fourth-order valence-electron chi connectivity index (χ4n) is 3.18. The average molecular weight is 242 g/mol. The first kappa shape index (κ1) is 11.8. The lowest BCUT2D eigenvalue weighted by Gasteiger charge is -2.09. The summed E-state index contributed by atoms with van der Waals surface area (Å²) in [6.45, 7) is 7.77. The number of para-hydroxylation sites is 1. The Bertz CT molecular complexity index is 566. The topological polar surface area (TPSA) is 17.0 Å². The van der Waals surface area contributed by atoms with Gasteiger partial charge in [0.2, 0.25) is 0 Å². The van der Waals surface area contributed by atoms with Crippen LogP contribution in [0, 0.1) is 6.92 Å². The van der Waals surface area contributed by atoms with E-state index in [1.54, 1.807) is 5.69 Å². The summed E-state index contributed by atoms with van der Waals surface area (Å²) in [4.78, 5) is 0. The van der Waals surface area contributed by atoms with E-state index in [0.29, 0.717) is 0 Å².